The average Bonchev–Trinajstić information content (AvgIpc) is 3.26. The van der Waals surface area contributed by atoms with Gasteiger partial charge >= 0.3 is 5.97 Å². The molecule has 1 aromatic heterocycles. The van der Waals surface area contributed by atoms with E-state index in [1.54, 1.807) is 0 Å². The fourth-order valence-corrected chi connectivity index (χ4v) is 3.98. The summed E-state index contributed by atoms with van der Waals surface area (Å²) < 4.78 is 29.2. The maximum absolute atomic E-state index is 14.3. The van der Waals surface area contributed by atoms with E-state index in [1.165, 1.54) is 21.7 Å². The molecule has 0 radical (unpaired) electrons. The lowest BCUT2D eigenvalue weighted by Gasteiger charge is -2.30. The van der Waals surface area contributed by atoms with Gasteiger partial charge in [0.25, 0.3) is 5.91 Å². The smallest absolute Gasteiger partial charge is 0.308 e. The number of fused-ring (bicyclic) bond motifs is 1. The van der Waals surface area contributed by atoms with Gasteiger partial charge in [0, 0.05) is 24.3 Å². The summed E-state index contributed by atoms with van der Waals surface area (Å²) >= 11 is 0. The topological polar surface area (TPSA) is 75.4 Å². The number of nitrogens with zero attached hydrogens (tertiary/aromatic N) is 3. The summed E-state index contributed by atoms with van der Waals surface area (Å²) in [4.78, 5) is 25.8. The van der Waals surface area contributed by atoms with Crippen LogP contribution < -0.4 is 0 Å². The average molecular weight is 375 g/mol. The van der Waals surface area contributed by atoms with Crippen molar-refractivity contribution >= 4 is 11.9 Å². The maximum atomic E-state index is 14.3. The van der Waals surface area contributed by atoms with Crippen molar-refractivity contribution in [1.82, 2.24) is 14.7 Å². The van der Waals surface area contributed by atoms with Crippen molar-refractivity contribution in [2.24, 2.45) is 5.92 Å². The summed E-state index contributed by atoms with van der Waals surface area (Å²) in [6.07, 6.45) is 3.24. The number of likely N-dealkylation sites (tertiary alicyclic amines) is 1. The largest absolute Gasteiger partial charge is 0.481 e. The molecular formula is C19H19F2N3O3. The van der Waals surface area contributed by atoms with E-state index in [4.69, 9.17) is 0 Å². The number of carbonyl (C=O) groups is 2. The minimum absolute atomic E-state index is 0.0192. The number of hydrogen-bond donors (Lipinski definition) is 1. The highest BCUT2D eigenvalue weighted by molar-refractivity contribution is 5.94. The van der Waals surface area contributed by atoms with Gasteiger partial charge in [-0.05, 0) is 44.2 Å². The second-order valence-electron chi connectivity index (χ2n) is 7.04. The molecule has 27 heavy (non-hydrogen) atoms. The maximum Gasteiger partial charge on any atom is 0.308 e. The molecule has 8 heteroatoms. The van der Waals surface area contributed by atoms with E-state index in [0.717, 1.165) is 23.7 Å². The van der Waals surface area contributed by atoms with E-state index in [0.29, 0.717) is 32.2 Å². The van der Waals surface area contributed by atoms with Gasteiger partial charge in [0.1, 0.15) is 5.69 Å². The van der Waals surface area contributed by atoms with Crippen LogP contribution in [0.2, 0.25) is 0 Å². The molecule has 2 aliphatic rings. The van der Waals surface area contributed by atoms with Gasteiger partial charge in [-0.15, -0.1) is 0 Å². The number of carboxylic acid groups (broad SMARTS) is 1. The van der Waals surface area contributed by atoms with E-state index in [2.05, 4.69) is 5.10 Å². The Bertz CT molecular complexity index is 925. The van der Waals surface area contributed by atoms with Crippen molar-refractivity contribution in [1.29, 1.82) is 0 Å². The lowest BCUT2D eigenvalue weighted by molar-refractivity contribution is -0.143. The summed E-state index contributed by atoms with van der Waals surface area (Å²) in [5, 5.41) is 13.6. The second-order valence-corrected chi connectivity index (χ2v) is 7.04. The normalized spacial score (nSPS) is 19.2. The summed E-state index contributed by atoms with van der Waals surface area (Å²) in [5.41, 5.74) is 1.67. The van der Waals surface area contributed by atoms with Crippen molar-refractivity contribution in [2.75, 3.05) is 13.1 Å². The van der Waals surface area contributed by atoms with Crippen LogP contribution in [0.5, 0.6) is 0 Å². The molecule has 1 N–H and O–H groups in total. The predicted octanol–water partition coefficient (Wildman–Crippen LogP) is 2.58. The number of aliphatic carboxylic acids is 1. The first-order valence-corrected chi connectivity index (χ1v) is 9.04. The van der Waals surface area contributed by atoms with Gasteiger partial charge in [0.2, 0.25) is 0 Å². The lowest BCUT2D eigenvalue weighted by atomic mass is 9.98. The zero-order chi connectivity index (χ0) is 19.1. The Balaban J connectivity index is 1.71. The van der Waals surface area contributed by atoms with E-state index >= 15 is 0 Å². The molecule has 0 saturated carbocycles. The first kappa shape index (κ1) is 17.6. The second kappa shape index (κ2) is 6.75. The Morgan fingerprint density at radius 2 is 2.00 bits per heavy atom. The molecular weight excluding hydrogens is 356 g/mol. The van der Waals surface area contributed by atoms with Gasteiger partial charge in [0.05, 0.1) is 5.92 Å². The number of carboxylic acids is 1. The summed E-state index contributed by atoms with van der Waals surface area (Å²) in [5.74, 6) is -3.81. The number of amides is 1. The van der Waals surface area contributed by atoms with Crippen LogP contribution in [0.3, 0.4) is 0 Å². The molecule has 1 amide bonds. The third-order valence-corrected chi connectivity index (χ3v) is 5.35. The highest BCUT2D eigenvalue weighted by Crippen LogP contribution is 2.30. The van der Waals surface area contributed by atoms with E-state index in [9.17, 15) is 23.5 Å². The highest BCUT2D eigenvalue weighted by atomic mass is 19.2. The van der Waals surface area contributed by atoms with Crippen LogP contribution in [0, 0.1) is 17.6 Å². The highest BCUT2D eigenvalue weighted by Gasteiger charge is 2.34. The SMILES string of the molecule is O=C(O)C1CCCN(C(=O)c2nn(-c3cccc(F)c3F)c3c2CCC3)C1. The zero-order valence-electron chi connectivity index (χ0n) is 14.6. The number of rotatable bonds is 3. The fraction of sp³-hybridized carbons (Fsp3) is 0.421. The van der Waals surface area contributed by atoms with Crippen LogP contribution in [0.1, 0.15) is 41.0 Å². The van der Waals surface area contributed by atoms with Gasteiger partial charge in [-0.2, -0.15) is 5.10 Å². The van der Waals surface area contributed by atoms with Gasteiger partial charge in [-0.25, -0.2) is 13.5 Å². The molecule has 4 rings (SSSR count). The molecule has 0 bridgehead atoms. The summed E-state index contributed by atoms with van der Waals surface area (Å²) in [6.45, 7) is 0.614. The predicted molar refractivity (Wildman–Crippen MR) is 91.8 cm³/mol. The molecule has 2 heterocycles. The molecule has 142 valence electrons. The molecule has 0 spiro atoms. The standard InChI is InChI=1S/C19H19F2N3O3/c20-13-6-2-8-15(16(13)21)24-14-7-1-5-12(14)17(22-24)18(25)23-9-3-4-11(10-23)19(26)27/h2,6,8,11H,1,3-5,7,9-10H2,(H,26,27). The van der Waals surface area contributed by atoms with Crippen molar-refractivity contribution in [3.63, 3.8) is 0 Å². The third kappa shape index (κ3) is 2.98. The fourth-order valence-electron chi connectivity index (χ4n) is 3.98. The van der Waals surface area contributed by atoms with Gasteiger partial charge in [0.15, 0.2) is 17.3 Å². The minimum atomic E-state index is -1.00. The molecule has 1 aliphatic heterocycles. The van der Waals surface area contributed by atoms with Crippen molar-refractivity contribution in [3.8, 4) is 5.69 Å². The van der Waals surface area contributed by atoms with E-state index in [1.807, 2.05) is 0 Å². The van der Waals surface area contributed by atoms with Crippen molar-refractivity contribution in [2.45, 2.75) is 32.1 Å². The number of piperidine rings is 1. The monoisotopic (exact) mass is 375 g/mol. The first-order chi connectivity index (χ1) is 13.0. The molecule has 1 saturated heterocycles. The van der Waals surface area contributed by atoms with E-state index < -0.39 is 23.5 Å². The number of carbonyl (C=O) groups excluding carboxylic acids is 1. The summed E-state index contributed by atoms with van der Waals surface area (Å²) in [7, 11) is 0. The van der Waals surface area contributed by atoms with Crippen LogP contribution in [0.4, 0.5) is 8.78 Å². The van der Waals surface area contributed by atoms with Crippen molar-refractivity contribution < 1.29 is 23.5 Å². The summed E-state index contributed by atoms with van der Waals surface area (Å²) in [6, 6.07) is 3.87. The third-order valence-electron chi connectivity index (χ3n) is 5.35. The molecule has 1 aromatic carbocycles. The minimum Gasteiger partial charge on any atom is -0.481 e. The Morgan fingerprint density at radius 1 is 1.19 bits per heavy atom. The number of hydrogen-bond acceptors (Lipinski definition) is 3. The van der Waals surface area contributed by atoms with Crippen LogP contribution in [0.25, 0.3) is 5.69 Å². The van der Waals surface area contributed by atoms with E-state index in [-0.39, 0.29) is 23.8 Å². The van der Waals surface area contributed by atoms with Gasteiger partial charge in [-0.3, -0.25) is 9.59 Å². The molecule has 1 fully saturated rings. The van der Waals surface area contributed by atoms with Crippen molar-refractivity contribution in [3.05, 3.63) is 46.8 Å². The molecule has 1 aliphatic carbocycles. The van der Waals surface area contributed by atoms with Gasteiger partial charge in [-0.1, -0.05) is 6.07 Å². The number of halogens is 2. The van der Waals surface area contributed by atoms with Gasteiger partial charge < -0.3 is 10.0 Å². The van der Waals surface area contributed by atoms with Crippen LogP contribution in [-0.2, 0) is 17.6 Å². The Morgan fingerprint density at radius 3 is 2.78 bits per heavy atom. The zero-order valence-corrected chi connectivity index (χ0v) is 14.6. The van der Waals surface area contributed by atoms with Crippen LogP contribution >= 0.6 is 0 Å². The number of aromatic nitrogens is 2. The van der Waals surface area contributed by atoms with Crippen LogP contribution in [0.15, 0.2) is 18.2 Å². The quantitative estimate of drug-likeness (QED) is 0.895. The Kier molecular flexibility index (Phi) is 4.41. The first-order valence-electron chi connectivity index (χ1n) is 9.04. The Hall–Kier alpha value is -2.77. The molecule has 1 unspecified atom stereocenters. The molecule has 1 atom stereocenters. The Labute approximate surface area is 154 Å². The number of benzene rings is 1. The van der Waals surface area contributed by atoms with Crippen LogP contribution in [-0.4, -0.2) is 44.8 Å². The molecule has 6 nitrogen and oxygen atoms in total. The lowest BCUT2D eigenvalue weighted by Crippen LogP contribution is -2.42. The molecule has 2 aromatic rings.